The Hall–Kier alpha value is -2.12. The van der Waals surface area contributed by atoms with Crippen molar-refractivity contribution < 1.29 is 84.0 Å². The minimum atomic E-state index is -5.68. The summed E-state index contributed by atoms with van der Waals surface area (Å²) in [6, 6.07) is 10.8. The molecule has 1 aromatic heterocycles. The number of hydrogen-bond acceptors (Lipinski definition) is 14. The number of hydrogen-bond donors (Lipinski definition) is 7. The maximum atomic E-state index is 13.1. The average molecular weight is 890 g/mol. The van der Waals surface area contributed by atoms with Crippen molar-refractivity contribution in [2.45, 2.75) is 82.6 Å². The largest absolute Gasteiger partial charge is 0.490 e. The molecule has 9 unspecified atom stereocenters. The van der Waals surface area contributed by atoms with Crippen LogP contribution in [0.25, 0.3) is 0 Å². The quantitative estimate of drug-likeness (QED) is 0.0576. The molecule has 7 N–H and O–H groups in total. The van der Waals surface area contributed by atoms with Crippen LogP contribution in [0.2, 0.25) is 0 Å². The molecule has 1 aromatic carbocycles. The normalized spacial score (nSPS) is 25.0. The third-order valence-electron chi connectivity index (χ3n) is 9.05. The van der Waals surface area contributed by atoms with Gasteiger partial charge in [0.25, 0.3) is 5.91 Å². The van der Waals surface area contributed by atoms with Crippen molar-refractivity contribution in [2.75, 3.05) is 40.0 Å². The van der Waals surface area contributed by atoms with Gasteiger partial charge in [0, 0.05) is 56.5 Å². The highest BCUT2D eigenvalue weighted by Gasteiger charge is 2.43. The van der Waals surface area contributed by atoms with E-state index in [1.807, 2.05) is 35.0 Å². The minimum absolute atomic E-state index is 0.0378. The van der Waals surface area contributed by atoms with E-state index in [4.69, 9.17) is 9.26 Å². The highest BCUT2D eigenvalue weighted by molar-refractivity contribution is 7.66. The molecule has 0 spiro atoms. The predicted octanol–water partition coefficient (Wildman–Crippen LogP) is 4.11. The van der Waals surface area contributed by atoms with E-state index < -0.39 is 62.6 Å². The summed E-state index contributed by atoms with van der Waals surface area (Å²) in [5, 5.41) is 15.5. The number of carbonyl (C=O) groups is 2. The molecule has 4 rings (SSSR count). The molecule has 1 fully saturated rings. The molecule has 21 nitrogen and oxygen atoms in total. The second-order valence-electron chi connectivity index (χ2n) is 13.5. The van der Waals surface area contributed by atoms with Crippen molar-refractivity contribution in [3.05, 3.63) is 59.4 Å². The van der Waals surface area contributed by atoms with Crippen LogP contribution < -0.4 is 10.6 Å². The number of carbonyl (C=O) groups excluding carboxylic acids is 2. The van der Waals surface area contributed by atoms with Gasteiger partial charge < -0.3 is 44.6 Å². The topological polar surface area (TPSA) is 297 Å². The van der Waals surface area contributed by atoms with Crippen LogP contribution in [-0.2, 0) is 61.1 Å². The fraction of sp³-hybridized carbons (Fsp3) is 0.625. The lowest BCUT2D eigenvalue weighted by Crippen LogP contribution is -2.37. The zero-order valence-electron chi connectivity index (χ0n) is 31.4. The van der Waals surface area contributed by atoms with Gasteiger partial charge in [-0.3, -0.25) is 27.7 Å². The first-order valence-corrected chi connectivity index (χ1v) is 24.1. The number of unbranched alkanes of at least 4 members (excludes halogenated alkanes) is 3. The minimum Gasteiger partial charge on any atom is -0.390 e. The number of aromatic nitrogens is 1. The number of fused-ring (bicyclic) bond motifs is 1. The standard InChI is InChI=1S/C32H51N3O18P4/c1-23-19-29(36)30(51-23)22-50-56(43,44)53-57(45,46)52-55(41,42)49-18-8-15-34-31(37)25-12-10-24(11-13-25)27-20-26(21-35-16-7-9-28(27)35)32(38)33-14-5-3-4-6-17-48-54(39,40)47-2/h7,9-13,16,23,26-27,29-30,36H,3-6,8,14-15,17-22H2,1-2H3,(H,33,38)(H,34,37)(H,39,40)(H,41,42)(H,43,44)(H,45,46). The Morgan fingerprint density at radius 3 is 2.11 bits per heavy atom. The van der Waals surface area contributed by atoms with Crippen molar-refractivity contribution >= 4 is 43.1 Å². The number of phosphoric ester groups is 3. The highest BCUT2D eigenvalue weighted by atomic mass is 31.3. The first kappa shape index (κ1) is 47.6. The summed E-state index contributed by atoms with van der Waals surface area (Å²) >= 11 is 0. The molecule has 0 bridgehead atoms. The molecule has 9 atom stereocenters. The molecule has 2 aromatic rings. The van der Waals surface area contributed by atoms with E-state index in [0.717, 1.165) is 37.6 Å². The fourth-order valence-electron chi connectivity index (χ4n) is 6.29. The summed E-state index contributed by atoms with van der Waals surface area (Å²) in [7, 11) is -19.2. The molecule has 0 saturated carbocycles. The number of ether oxygens (including phenoxy) is 1. The number of benzene rings is 1. The first-order chi connectivity index (χ1) is 26.8. The second-order valence-corrected chi connectivity index (χ2v) is 19.7. The Morgan fingerprint density at radius 2 is 1.44 bits per heavy atom. The van der Waals surface area contributed by atoms with Crippen LogP contribution in [0.15, 0.2) is 42.6 Å². The van der Waals surface area contributed by atoms with Crippen LogP contribution in [-0.4, -0.2) is 99.4 Å². The van der Waals surface area contributed by atoms with Crippen LogP contribution in [0.3, 0.4) is 0 Å². The van der Waals surface area contributed by atoms with E-state index in [1.54, 1.807) is 19.1 Å². The summed E-state index contributed by atoms with van der Waals surface area (Å²) in [5.41, 5.74) is 2.27. The van der Waals surface area contributed by atoms with Crippen LogP contribution in [0.1, 0.15) is 79.4 Å². The lowest BCUT2D eigenvalue weighted by atomic mass is 9.83. The van der Waals surface area contributed by atoms with Gasteiger partial charge in [0.1, 0.15) is 6.10 Å². The Bertz CT molecular complexity index is 1830. The van der Waals surface area contributed by atoms with Crippen molar-refractivity contribution in [2.24, 2.45) is 5.92 Å². The van der Waals surface area contributed by atoms with Crippen LogP contribution >= 0.6 is 31.3 Å². The highest BCUT2D eigenvalue weighted by Crippen LogP contribution is 2.67. The SMILES string of the molecule is COP(=O)(O)OCCCCCCNC(=O)C1CC(c2ccc(C(=O)NCCCOP(=O)(O)OP(=O)(O)OP(=O)(O)OCC3OC(C)CC3O)cc2)c2cccn2C1. The Labute approximate surface area is 329 Å². The summed E-state index contributed by atoms with van der Waals surface area (Å²) in [4.78, 5) is 64.5. The maximum absolute atomic E-state index is 13.1. The van der Waals surface area contributed by atoms with E-state index in [0.29, 0.717) is 31.5 Å². The predicted molar refractivity (Wildman–Crippen MR) is 201 cm³/mol. The van der Waals surface area contributed by atoms with E-state index in [9.17, 15) is 52.5 Å². The molecule has 25 heteroatoms. The number of phosphoric acid groups is 4. The number of rotatable bonds is 24. The van der Waals surface area contributed by atoms with E-state index in [-0.39, 0.29) is 49.8 Å². The number of aliphatic hydroxyl groups excluding tert-OH is 1. The molecular weight excluding hydrogens is 838 g/mol. The summed E-state index contributed by atoms with van der Waals surface area (Å²) in [5.74, 6) is -0.910. The monoisotopic (exact) mass is 889 g/mol. The van der Waals surface area contributed by atoms with Crippen molar-refractivity contribution in [1.29, 1.82) is 0 Å². The molecule has 3 heterocycles. The van der Waals surface area contributed by atoms with Gasteiger partial charge in [-0.05, 0) is 62.4 Å². The van der Waals surface area contributed by atoms with Crippen LogP contribution in [0.5, 0.6) is 0 Å². The molecule has 2 amide bonds. The number of aliphatic hydroxyl groups is 1. The summed E-state index contributed by atoms with van der Waals surface area (Å²) in [6.45, 7) is 1.52. The Kier molecular flexibility index (Phi) is 17.9. The number of nitrogens with zero attached hydrogens (tertiary/aromatic N) is 1. The third-order valence-corrected chi connectivity index (χ3v) is 14.3. The Balaban J connectivity index is 1.16. The van der Waals surface area contributed by atoms with E-state index in [2.05, 4.69) is 32.8 Å². The fourth-order valence-corrected chi connectivity index (χ4v) is 10.3. The number of nitrogens with one attached hydrogen (secondary N) is 2. The van der Waals surface area contributed by atoms with Gasteiger partial charge in [-0.25, -0.2) is 18.3 Å². The van der Waals surface area contributed by atoms with Gasteiger partial charge in [0.15, 0.2) is 0 Å². The van der Waals surface area contributed by atoms with Gasteiger partial charge in [-0.1, -0.05) is 25.0 Å². The zero-order valence-corrected chi connectivity index (χ0v) is 35.0. The molecule has 0 radical (unpaired) electrons. The van der Waals surface area contributed by atoms with Crippen LogP contribution in [0, 0.1) is 5.92 Å². The maximum Gasteiger partial charge on any atom is 0.490 e. The number of amides is 2. The second kappa shape index (κ2) is 21.4. The lowest BCUT2D eigenvalue weighted by molar-refractivity contribution is -0.126. The molecule has 2 aliphatic heterocycles. The van der Waals surface area contributed by atoms with Gasteiger partial charge in [0.05, 0.1) is 37.9 Å². The van der Waals surface area contributed by atoms with Crippen LogP contribution in [0.4, 0.5) is 0 Å². The van der Waals surface area contributed by atoms with Gasteiger partial charge in [-0.15, -0.1) is 0 Å². The van der Waals surface area contributed by atoms with Gasteiger partial charge in [-0.2, -0.15) is 8.62 Å². The van der Waals surface area contributed by atoms with E-state index >= 15 is 0 Å². The first-order valence-electron chi connectivity index (χ1n) is 18.2. The van der Waals surface area contributed by atoms with Crippen molar-refractivity contribution in [3.63, 3.8) is 0 Å². The van der Waals surface area contributed by atoms with Crippen molar-refractivity contribution in [1.82, 2.24) is 15.2 Å². The molecule has 2 aliphatic rings. The van der Waals surface area contributed by atoms with Gasteiger partial charge >= 0.3 is 31.3 Å². The Morgan fingerprint density at radius 1 is 0.807 bits per heavy atom. The molecule has 1 saturated heterocycles. The molecule has 57 heavy (non-hydrogen) atoms. The molecular formula is C32H51N3O18P4. The zero-order chi connectivity index (χ0) is 41.9. The summed E-state index contributed by atoms with van der Waals surface area (Å²) in [6.07, 6.45) is 3.17. The van der Waals surface area contributed by atoms with Crippen molar-refractivity contribution in [3.8, 4) is 0 Å². The third kappa shape index (κ3) is 15.8. The molecule has 322 valence electrons. The molecule has 0 aliphatic carbocycles. The lowest BCUT2D eigenvalue weighted by Gasteiger charge is -2.31. The van der Waals surface area contributed by atoms with Gasteiger partial charge in [0.2, 0.25) is 5.91 Å². The summed E-state index contributed by atoms with van der Waals surface area (Å²) < 4.78 is 81.5. The smallest absolute Gasteiger partial charge is 0.390 e. The average Bonchev–Trinajstić information content (AvgIpc) is 3.75. The van der Waals surface area contributed by atoms with E-state index in [1.165, 1.54) is 0 Å².